The monoisotopic (exact) mass is 228 g/mol. The summed E-state index contributed by atoms with van der Waals surface area (Å²) >= 11 is 0. The molecule has 88 valence electrons. The zero-order valence-corrected chi connectivity index (χ0v) is 9.93. The minimum Gasteiger partial charge on any atom is -0.497 e. The molecule has 0 bridgehead atoms. The lowest BCUT2D eigenvalue weighted by molar-refractivity contribution is -0.116. The highest BCUT2D eigenvalue weighted by Gasteiger charge is 2.43. The highest BCUT2D eigenvalue weighted by Crippen LogP contribution is 2.45. The van der Waals surface area contributed by atoms with Gasteiger partial charge < -0.3 is 4.74 Å². The van der Waals surface area contributed by atoms with Gasteiger partial charge in [-0.3, -0.25) is 4.79 Å². The Labute approximate surface area is 101 Å². The molecule has 2 nitrogen and oxygen atoms in total. The normalized spacial score (nSPS) is 31.7. The first-order valence-electron chi connectivity index (χ1n) is 6.20. The Morgan fingerprint density at radius 3 is 2.76 bits per heavy atom. The maximum absolute atomic E-state index is 12.1. The highest BCUT2D eigenvalue weighted by molar-refractivity contribution is 5.99. The molecule has 1 heterocycles. The summed E-state index contributed by atoms with van der Waals surface area (Å²) in [5, 5.41) is 0. The molecule has 1 fully saturated rings. The molecule has 1 aliphatic carbocycles. The van der Waals surface area contributed by atoms with Crippen molar-refractivity contribution < 1.29 is 9.53 Å². The molecule has 1 aliphatic heterocycles. The first-order chi connectivity index (χ1) is 8.27. The Morgan fingerprint density at radius 1 is 1.24 bits per heavy atom. The van der Waals surface area contributed by atoms with E-state index in [4.69, 9.17) is 4.74 Å². The molecule has 2 heteroatoms. The minimum atomic E-state index is -0.0264. The summed E-state index contributed by atoms with van der Waals surface area (Å²) in [6, 6.07) is 10.1. The van der Waals surface area contributed by atoms with Crippen molar-refractivity contribution in [2.45, 2.75) is 19.3 Å². The van der Waals surface area contributed by atoms with Crippen molar-refractivity contribution in [3.05, 3.63) is 47.7 Å². The zero-order chi connectivity index (χ0) is 11.8. The number of fused-ring (bicyclic) bond motifs is 1. The fourth-order valence-corrected chi connectivity index (χ4v) is 2.99. The SMILES string of the molecule is C[C@H]1CCOC2=CC(=O)[C@H](c3ccccc3)[C@H]21. The number of carbonyl (C=O) groups excluding carboxylic acids is 1. The van der Waals surface area contributed by atoms with Crippen molar-refractivity contribution in [3.63, 3.8) is 0 Å². The van der Waals surface area contributed by atoms with E-state index in [-0.39, 0.29) is 17.6 Å². The van der Waals surface area contributed by atoms with Crippen molar-refractivity contribution in [1.82, 2.24) is 0 Å². The average Bonchev–Trinajstić information content (AvgIpc) is 2.68. The Bertz CT molecular complexity index is 461. The fraction of sp³-hybridized carbons (Fsp3) is 0.400. The van der Waals surface area contributed by atoms with Crippen LogP contribution >= 0.6 is 0 Å². The maximum Gasteiger partial charge on any atom is 0.167 e. The molecule has 1 aromatic carbocycles. The molecule has 0 unspecified atom stereocenters. The number of carbonyl (C=O) groups is 1. The highest BCUT2D eigenvalue weighted by atomic mass is 16.5. The van der Waals surface area contributed by atoms with E-state index in [0.717, 1.165) is 24.4 Å². The Balaban J connectivity index is 1.98. The molecule has 3 atom stereocenters. The summed E-state index contributed by atoms with van der Waals surface area (Å²) in [4.78, 5) is 12.1. The van der Waals surface area contributed by atoms with Crippen molar-refractivity contribution in [2.75, 3.05) is 6.61 Å². The van der Waals surface area contributed by atoms with Crippen LogP contribution in [-0.2, 0) is 9.53 Å². The second-order valence-corrected chi connectivity index (χ2v) is 4.98. The van der Waals surface area contributed by atoms with E-state index in [1.807, 2.05) is 30.3 Å². The summed E-state index contributed by atoms with van der Waals surface area (Å²) in [6.07, 6.45) is 2.75. The van der Waals surface area contributed by atoms with Crippen LogP contribution in [0.15, 0.2) is 42.2 Å². The number of rotatable bonds is 1. The molecule has 1 aromatic rings. The Kier molecular flexibility index (Phi) is 2.50. The molecule has 2 aliphatic rings. The summed E-state index contributed by atoms with van der Waals surface area (Å²) in [5.74, 6) is 1.85. The predicted molar refractivity (Wildman–Crippen MR) is 65.5 cm³/mol. The topological polar surface area (TPSA) is 26.3 Å². The van der Waals surface area contributed by atoms with Crippen LogP contribution in [0.2, 0.25) is 0 Å². The minimum absolute atomic E-state index is 0.0264. The average molecular weight is 228 g/mol. The first-order valence-corrected chi connectivity index (χ1v) is 6.20. The van der Waals surface area contributed by atoms with Crippen LogP contribution < -0.4 is 0 Å². The van der Waals surface area contributed by atoms with Gasteiger partial charge in [0.25, 0.3) is 0 Å². The quantitative estimate of drug-likeness (QED) is 0.738. The van der Waals surface area contributed by atoms with Crippen molar-refractivity contribution >= 4 is 5.78 Å². The van der Waals surface area contributed by atoms with Gasteiger partial charge in [0.05, 0.1) is 12.5 Å². The Hall–Kier alpha value is -1.57. The molecule has 0 amide bonds. The van der Waals surface area contributed by atoms with Gasteiger partial charge in [0.15, 0.2) is 5.78 Å². The zero-order valence-electron chi connectivity index (χ0n) is 9.93. The third kappa shape index (κ3) is 1.68. The number of allylic oxidation sites excluding steroid dienone is 2. The predicted octanol–water partition coefficient (Wildman–Crippen LogP) is 2.91. The molecular formula is C15H16O2. The van der Waals surface area contributed by atoms with Gasteiger partial charge in [0.2, 0.25) is 0 Å². The summed E-state index contributed by atoms with van der Waals surface area (Å²) in [5.41, 5.74) is 1.12. The van der Waals surface area contributed by atoms with E-state index >= 15 is 0 Å². The molecule has 0 spiro atoms. The van der Waals surface area contributed by atoms with E-state index in [9.17, 15) is 4.79 Å². The fourth-order valence-electron chi connectivity index (χ4n) is 2.99. The van der Waals surface area contributed by atoms with Gasteiger partial charge in [-0.15, -0.1) is 0 Å². The van der Waals surface area contributed by atoms with Crippen LogP contribution in [0.5, 0.6) is 0 Å². The van der Waals surface area contributed by atoms with Gasteiger partial charge in [0, 0.05) is 12.0 Å². The van der Waals surface area contributed by atoms with E-state index < -0.39 is 0 Å². The molecule has 3 rings (SSSR count). The van der Waals surface area contributed by atoms with Crippen LogP contribution in [0.4, 0.5) is 0 Å². The number of ether oxygens (including phenoxy) is 1. The van der Waals surface area contributed by atoms with Crippen LogP contribution in [0.1, 0.15) is 24.8 Å². The lowest BCUT2D eigenvalue weighted by atomic mass is 9.77. The molecular weight excluding hydrogens is 212 g/mol. The van der Waals surface area contributed by atoms with Gasteiger partial charge in [-0.1, -0.05) is 37.3 Å². The number of hydrogen-bond acceptors (Lipinski definition) is 2. The van der Waals surface area contributed by atoms with Gasteiger partial charge >= 0.3 is 0 Å². The number of benzene rings is 1. The standard InChI is InChI=1S/C15H16O2/c1-10-7-8-17-13-9-12(16)15(14(10)13)11-5-3-2-4-6-11/h2-6,9-10,14-15H,7-8H2,1H3/t10-,14-,15-/m0/s1. The van der Waals surface area contributed by atoms with E-state index in [2.05, 4.69) is 6.92 Å². The smallest absolute Gasteiger partial charge is 0.167 e. The molecule has 0 radical (unpaired) electrons. The third-order valence-electron chi connectivity index (χ3n) is 3.89. The third-order valence-corrected chi connectivity index (χ3v) is 3.89. The van der Waals surface area contributed by atoms with Crippen LogP contribution in [0.25, 0.3) is 0 Å². The Morgan fingerprint density at radius 2 is 2.00 bits per heavy atom. The van der Waals surface area contributed by atoms with E-state index in [1.54, 1.807) is 6.08 Å². The first kappa shape index (κ1) is 10.6. The van der Waals surface area contributed by atoms with Gasteiger partial charge in [0.1, 0.15) is 5.76 Å². The van der Waals surface area contributed by atoms with Crippen molar-refractivity contribution in [1.29, 1.82) is 0 Å². The summed E-state index contributed by atoms with van der Waals surface area (Å²) in [7, 11) is 0. The molecule has 0 N–H and O–H groups in total. The van der Waals surface area contributed by atoms with Crippen molar-refractivity contribution in [3.8, 4) is 0 Å². The molecule has 1 saturated heterocycles. The van der Waals surface area contributed by atoms with Crippen molar-refractivity contribution in [2.24, 2.45) is 11.8 Å². The lowest BCUT2D eigenvalue weighted by Crippen LogP contribution is -2.27. The lowest BCUT2D eigenvalue weighted by Gasteiger charge is -2.32. The molecule has 0 aromatic heterocycles. The second kappa shape index (κ2) is 4.02. The van der Waals surface area contributed by atoms with Gasteiger partial charge in [-0.25, -0.2) is 0 Å². The number of hydrogen-bond donors (Lipinski definition) is 0. The maximum atomic E-state index is 12.1. The van der Waals surface area contributed by atoms with Crippen LogP contribution in [0, 0.1) is 11.8 Å². The summed E-state index contributed by atoms with van der Waals surface area (Å²) in [6.45, 7) is 2.97. The second-order valence-electron chi connectivity index (χ2n) is 4.98. The summed E-state index contributed by atoms with van der Waals surface area (Å²) < 4.78 is 5.63. The van der Waals surface area contributed by atoms with Gasteiger partial charge in [-0.05, 0) is 17.9 Å². The van der Waals surface area contributed by atoms with Crippen LogP contribution in [-0.4, -0.2) is 12.4 Å². The largest absolute Gasteiger partial charge is 0.497 e. The van der Waals surface area contributed by atoms with Crippen LogP contribution in [0.3, 0.4) is 0 Å². The molecule has 17 heavy (non-hydrogen) atoms. The number of ketones is 1. The van der Waals surface area contributed by atoms with E-state index in [1.165, 1.54) is 0 Å². The van der Waals surface area contributed by atoms with Gasteiger partial charge in [-0.2, -0.15) is 0 Å². The van der Waals surface area contributed by atoms with E-state index in [0.29, 0.717) is 5.92 Å². The molecule has 0 saturated carbocycles.